The van der Waals surface area contributed by atoms with Crippen molar-refractivity contribution in [2.45, 2.75) is 142 Å². The van der Waals surface area contributed by atoms with Crippen LogP contribution in [0.2, 0.25) is 0 Å². The van der Waals surface area contributed by atoms with Crippen molar-refractivity contribution in [3.63, 3.8) is 0 Å². The van der Waals surface area contributed by atoms with Gasteiger partial charge in [-0.3, -0.25) is 0 Å². The van der Waals surface area contributed by atoms with Crippen LogP contribution in [-0.4, -0.2) is 50.1 Å². The van der Waals surface area contributed by atoms with Crippen LogP contribution in [-0.2, 0) is 0 Å². The molecule has 34 heavy (non-hydrogen) atoms. The molecule has 2 nitrogen and oxygen atoms in total. The molecular weight excluding hydrogens is 412 g/mol. The molecule has 0 atom stereocenters. The van der Waals surface area contributed by atoms with Gasteiger partial charge in [-0.2, -0.15) is 0 Å². The molecule has 0 fully saturated rings. The van der Waals surface area contributed by atoms with Gasteiger partial charge in [0.2, 0.25) is 0 Å². The lowest BCUT2D eigenvalue weighted by atomic mass is 10.1. The van der Waals surface area contributed by atoms with Crippen molar-refractivity contribution in [2.24, 2.45) is 0 Å². The highest BCUT2D eigenvalue weighted by Crippen LogP contribution is 2.11. The van der Waals surface area contributed by atoms with Crippen LogP contribution in [0.5, 0.6) is 0 Å². The maximum atomic E-state index is 2.76. The van der Waals surface area contributed by atoms with Crippen molar-refractivity contribution >= 4 is 0 Å². The lowest BCUT2D eigenvalue weighted by Gasteiger charge is -2.23. The second-order valence-electron chi connectivity index (χ2n) is 10.7. The lowest BCUT2D eigenvalue weighted by Crippen LogP contribution is -2.29. The van der Waals surface area contributed by atoms with Crippen LogP contribution in [0.4, 0.5) is 0 Å². The third kappa shape index (κ3) is 27.6. The van der Waals surface area contributed by atoms with Gasteiger partial charge >= 0.3 is 0 Å². The maximum Gasteiger partial charge on any atom is -0.000655 e. The molecule has 0 saturated carbocycles. The number of allylic oxidation sites excluding steroid dienone is 4. The Morgan fingerprint density at radius 1 is 0.412 bits per heavy atom. The van der Waals surface area contributed by atoms with E-state index in [1.165, 1.54) is 148 Å². The summed E-state index contributed by atoms with van der Waals surface area (Å²) in [4.78, 5) is 5.09. The van der Waals surface area contributed by atoms with Gasteiger partial charge in [0.1, 0.15) is 0 Å². The first-order chi connectivity index (χ1) is 16.7. The van der Waals surface area contributed by atoms with Crippen molar-refractivity contribution in [1.82, 2.24) is 9.80 Å². The van der Waals surface area contributed by atoms with E-state index in [9.17, 15) is 0 Å². The SMILES string of the molecule is CCCCC/C=C\C/C=C\CCCCCCCCN(CCCCCCCCC)CCCN(C)C. The van der Waals surface area contributed by atoms with Crippen molar-refractivity contribution in [1.29, 1.82) is 0 Å². The molecule has 0 heterocycles. The van der Waals surface area contributed by atoms with E-state index in [2.05, 4.69) is 62.0 Å². The molecule has 0 saturated heterocycles. The molecule has 0 spiro atoms. The molecule has 202 valence electrons. The monoisotopic (exact) mass is 477 g/mol. The molecule has 0 rings (SSSR count). The summed E-state index contributed by atoms with van der Waals surface area (Å²) in [5.41, 5.74) is 0. The van der Waals surface area contributed by atoms with Gasteiger partial charge in [0.05, 0.1) is 0 Å². The molecule has 0 bridgehead atoms. The van der Waals surface area contributed by atoms with Crippen LogP contribution in [0.15, 0.2) is 24.3 Å². The Balaban J connectivity index is 3.70. The van der Waals surface area contributed by atoms with Gasteiger partial charge in [0.25, 0.3) is 0 Å². The fraction of sp³-hybridized carbons (Fsp3) is 0.875. The summed E-state index contributed by atoms with van der Waals surface area (Å²) < 4.78 is 0. The van der Waals surface area contributed by atoms with E-state index >= 15 is 0 Å². The highest BCUT2D eigenvalue weighted by molar-refractivity contribution is 4.92. The molecule has 0 N–H and O–H groups in total. The highest BCUT2D eigenvalue weighted by Gasteiger charge is 2.05. The second kappa shape index (κ2) is 28.6. The molecule has 0 aliphatic carbocycles. The van der Waals surface area contributed by atoms with Gasteiger partial charge < -0.3 is 9.80 Å². The average Bonchev–Trinajstić information content (AvgIpc) is 2.82. The third-order valence-corrected chi connectivity index (χ3v) is 6.83. The summed E-state index contributed by atoms with van der Waals surface area (Å²) in [7, 11) is 4.40. The van der Waals surface area contributed by atoms with Gasteiger partial charge in [-0.15, -0.1) is 0 Å². The molecule has 0 aliphatic heterocycles. The van der Waals surface area contributed by atoms with Crippen LogP contribution >= 0.6 is 0 Å². The van der Waals surface area contributed by atoms with Crippen molar-refractivity contribution in [3.05, 3.63) is 24.3 Å². The average molecular weight is 477 g/mol. The normalized spacial score (nSPS) is 12.3. The molecule has 0 radical (unpaired) electrons. The molecule has 0 aromatic heterocycles. The van der Waals surface area contributed by atoms with Gasteiger partial charge in [-0.1, -0.05) is 115 Å². The summed E-state index contributed by atoms with van der Waals surface area (Å²) >= 11 is 0. The van der Waals surface area contributed by atoms with Crippen LogP contribution < -0.4 is 0 Å². The van der Waals surface area contributed by atoms with Crippen molar-refractivity contribution in [3.8, 4) is 0 Å². The largest absolute Gasteiger partial charge is 0.309 e. The topological polar surface area (TPSA) is 6.48 Å². The summed E-state index contributed by atoms with van der Waals surface area (Å²) in [5.74, 6) is 0. The third-order valence-electron chi connectivity index (χ3n) is 6.83. The standard InChI is InChI=1S/C32H64N2/c1-5-7-9-11-13-14-15-16-17-18-19-20-21-23-25-27-31-34(32-28-29-33(3)4)30-26-24-22-12-10-8-6-2/h13-14,16-17H,5-12,15,18-32H2,1-4H3/b14-13-,17-16-. The minimum Gasteiger partial charge on any atom is -0.309 e. The van der Waals surface area contributed by atoms with Gasteiger partial charge in [-0.05, 0) is 91.6 Å². The quantitative estimate of drug-likeness (QED) is 0.0859. The smallest absolute Gasteiger partial charge is 0.000655 e. The van der Waals surface area contributed by atoms with E-state index in [1.807, 2.05) is 0 Å². The van der Waals surface area contributed by atoms with Crippen LogP contribution in [0, 0.1) is 0 Å². The van der Waals surface area contributed by atoms with Crippen molar-refractivity contribution in [2.75, 3.05) is 40.3 Å². The Morgan fingerprint density at radius 3 is 1.35 bits per heavy atom. The molecule has 0 aromatic rings. The first kappa shape index (κ1) is 33.4. The predicted octanol–water partition coefficient (Wildman–Crippen LogP) is 9.80. The lowest BCUT2D eigenvalue weighted by molar-refractivity contribution is 0.244. The first-order valence-corrected chi connectivity index (χ1v) is 15.4. The second-order valence-corrected chi connectivity index (χ2v) is 10.7. The van der Waals surface area contributed by atoms with Gasteiger partial charge in [-0.25, -0.2) is 0 Å². The molecule has 0 aromatic carbocycles. The molecule has 0 unspecified atom stereocenters. The highest BCUT2D eigenvalue weighted by atomic mass is 15.1. The van der Waals surface area contributed by atoms with Crippen LogP contribution in [0.25, 0.3) is 0 Å². The summed E-state index contributed by atoms with van der Waals surface area (Å²) in [6.45, 7) is 9.72. The maximum absolute atomic E-state index is 2.76. The molecular formula is C32H64N2. The van der Waals surface area contributed by atoms with E-state index in [-0.39, 0.29) is 0 Å². The van der Waals surface area contributed by atoms with E-state index < -0.39 is 0 Å². The first-order valence-electron chi connectivity index (χ1n) is 15.4. The Kier molecular flexibility index (Phi) is 28.1. The van der Waals surface area contributed by atoms with Gasteiger partial charge in [0.15, 0.2) is 0 Å². The van der Waals surface area contributed by atoms with E-state index in [0.29, 0.717) is 0 Å². The Bertz CT molecular complexity index is 427. The summed E-state index contributed by atoms with van der Waals surface area (Å²) in [5, 5.41) is 0. The number of nitrogens with zero attached hydrogens (tertiary/aromatic N) is 2. The van der Waals surface area contributed by atoms with E-state index in [4.69, 9.17) is 0 Å². The number of hydrogen-bond acceptors (Lipinski definition) is 2. The summed E-state index contributed by atoms with van der Waals surface area (Å²) in [6.07, 6.45) is 36.8. The minimum atomic E-state index is 1.12. The van der Waals surface area contributed by atoms with Crippen molar-refractivity contribution < 1.29 is 0 Å². The zero-order chi connectivity index (χ0) is 25.0. The van der Waals surface area contributed by atoms with Gasteiger partial charge in [0, 0.05) is 0 Å². The zero-order valence-corrected chi connectivity index (χ0v) is 24.2. The fourth-order valence-corrected chi connectivity index (χ4v) is 4.56. The predicted molar refractivity (Wildman–Crippen MR) is 157 cm³/mol. The van der Waals surface area contributed by atoms with Crippen LogP contribution in [0.1, 0.15) is 142 Å². The number of hydrogen-bond donors (Lipinski definition) is 0. The van der Waals surface area contributed by atoms with Crippen LogP contribution in [0.3, 0.4) is 0 Å². The fourth-order valence-electron chi connectivity index (χ4n) is 4.56. The molecule has 0 aliphatic rings. The number of unbranched alkanes of at least 4 members (excludes halogenated alkanes) is 15. The number of rotatable bonds is 27. The van der Waals surface area contributed by atoms with E-state index in [0.717, 1.165) is 6.42 Å². The Labute approximate surface area is 216 Å². The zero-order valence-electron chi connectivity index (χ0n) is 24.2. The Morgan fingerprint density at radius 2 is 0.824 bits per heavy atom. The Hall–Kier alpha value is -0.600. The van der Waals surface area contributed by atoms with E-state index in [1.54, 1.807) is 0 Å². The molecule has 2 heteroatoms. The minimum absolute atomic E-state index is 1.12. The summed E-state index contributed by atoms with van der Waals surface area (Å²) in [6, 6.07) is 0. The molecule has 0 amide bonds.